The quantitative estimate of drug-likeness (QED) is 0.682. The van der Waals surface area contributed by atoms with Gasteiger partial charge in [0.1, 0.15) is 0 Å². The summed E-state index contributed by atoms with van der Waals surface area (Å²) >= 11 is 2.96. The van der Waals surface area contributed by atoms with Gasteiger partial charge in [0.2, 0.25) is 0 Å². The van der Waals surface area contributed by atoms with Gasteiger partial charge < -0.3 is 5.32 Å². The molecular formula is C14H11F3N2S2. The van der Waals surface area contributed by atoms with Gasteiger partial charge in [-0.3, -0.25) is 0 Å². The molecule has 0 aliphatic heterocycles. The van der Waals surface area contributed by atoms with Gasteiger partial charge in [0.05, 0.1) is 21.8 Å². The summed E-state index contributed by atoms with van der Waals surface area (Å²) in [6, 6.07) is 5.73. The van der Waals surface area contributed by atoms with E-state index in [1.165, 1.54) is 17.4 Å². The lowest BCUT2D eigenvalue weighted by molar-refractivity contribution is -0.137. The van der Waals surface area contributed by atoms with E-state index in [9.17, 15) is 13.2 Å². The van der Waals surface area contributed by atoms with Crippen LogP contribution in [0.15, 0.2) is 35.0 Å². The number of rotatable bonds is 3. The first-order valence-corrected chi connectivity index (χ1v) is 7.96. The first-order valence-electron chi connectivity index (χ1n) is 6.20. The Hall–Kier alpha value is -1.60. The maximum atomic E-state index is 12.7. The SMILES string of the molecule is CC(Nc1nc2cc(C(F)(F)F)ccc2s1)c1ccsc1. The van der Waals surface area contributed by atoms with Crippen molar-refractivity contribution in [1.82, 2.24) is 4.98 Å². The van der Waals surface area contributed by atoms with Crippen LogP contribution < -0.4 is 5.32 Å². The van der Waals surface area contributed by atoms with E-state index in [2.05, 4.69) is 10.3 Å². The molecule has 0 spiro atoms. The number of benzene rings is 1. The van der Waals surface area contributed by atoms with Gasteiger partial charge in [0, 0.05) is 0 Å². The maximum Gasteiger partial charge on any atom is 0.416 e. The number of thiazole rings is 1. The molecule has 2 aromatic heterocycles. The van der Waals surface area contributed by atoms with Crippen molar-refractivity contribution in [2.45, 2.75) is 19.1 Å². The minimum absolute atomic E-state index is 0.0684. The molecule has 2 heterocycles. The molecule has 2 nitrogen and oxygen atoms in total. The number of hydrogen-bond donors (Lipinski definition) is 1. The van der Waals surface area contributed by atoms with Crippen molar-refractivity contribution in [2.75, 3.05) is 5.32 Å². The van der Waals surface area contributed by atoms with Gasteiger partial charge in [0.25, 0.3) is 0 Å². The smallest absolute Gasteiger partial charge is 0.355 e. The molecule has 1 unspecified atom stereocenters. The molecular weight excluding hydrogens is 317 g/mol. The zero-order chi connectivity index (χ0) is 15.0. The van der Waals surface area contributed by atoms with Crippen LogP contribution in [-0.2, 0) is 6.18 Å². The van der Waals surface area contributed by atoms with Gasteiger partial charge in [-0.1, -0.05) is 11.3 Å². The van der Waals surface area contributed by atoms with Gasteiger partial charge >= 0.3 is 6.18 Å². The van der Waals surface area contributed by atoms with Gasteiger partial charge in [-0.25, -0.2) is 4.98 Å². The molecule has 1 aromatic carbocycles. The summed E-state index contributed by atoms with van der Waals surface area (Å²) < 4.78 is 38.8. The Balaban J connectivity index is 1.87. The standard InChI is InChI=1S/C14H11F3N2S2/c1-8(9-4-5-20-7-9)18-13-19-11-6-10(14(15,16)17)2-3-12(11)21-13/h2-8H,1H3,(H,18,19). The molecule has 0 radical (unpaired) electrons. The Morgan fingerprint density at radius 3 is 2.71 bits per heavy atom. The van der Waals surface area contributed by atoms with Crippen LogP contribution in [-0.4, -0.2) is 4.98 Å². The molecule has 21 heavy (non-hydrogen) atoms. The van der Waals surface area contributed by atoms with Crippen LogP contribution in [0.3, 0.4) is 0 Å². The predicted octanol–water partition coefficient (Wildman–Crippen LogP) is 5.55. The second-order valence-electron chi connectivity index (χ2n) is 4.62. The second kappa shape index (κ2) is 5.31. The van der Waals surface area contributed by atoms with E-state index < -0.39 is 11.7 Å². The second-order valence-corrected chi connectivity index (χ2v) is 6.43. The minimum atomic E-state index is -4.34. The molecule has 3 aromatic rings. The van der Waals surface area contributed by atoms with Crippen molar-refractivity contribution < 1.29 is 13.2 Å². The van der Waals surface area contributed by atoms with E-state index in [1.54, 1.807) is 11.3 Å². The average molecular weight is 328 g/mol. The summed E-state index contributed by atoms with van der Waals surface area (Å²) in [4.78, 5) is 4.25. The average Bonchev–Trinajstić information content (AvgIpc) is 3.05. The molecule has 110 valence electrons. The third-order valence-corrected chi connectivity index (χ3v) is 4.77. The zero-order valence-electron chi connectivity index (χ0n) is 10.9. The van der Waals surface area contributed by atoms with E-state index in [1.807, 2.05) is 23.8 Å². The molecule has 1 atom stereocenters. The van der Waals surface area contributed by atoms with Crippen LogP contribution in [0.25, 0.3) is 10.2 Å². The molecule has 0 saturated carbocycles. The molecule has 7 heteroatoms. The lowest BCUT2D eigenvalue weighted by Gasteiger charge is -2.10. The predicted molar refractivity (Wildman–Crippen MR) is 81.0 cm³/mol. The number of nitrogens with one attached hydrogen (secondary N) is 1. The molecule has 0 fully saturated rings. The highest BCUT2D eigenvalue weighted by Crippen LogP contribution is 2.34. The molecule has 0 aliphatic carbocycles. The van der Waals surface area contributed by atoms with Crippen LogP contribution in [0.5, 0.6) is 0 Å². The van der Waals surface area contributed by atoms with Crippen molar-refractivity contribution in [3.8, 4) is 0 Å². The fourth-order valence-electron chi connectivity index (χ4n) is 1.96. The monoisotopic (exact) mass is 328 g/mol. The number of alkyl halides is 3. The van der Waals surface area contributed by atoms with Crippen molar-refractivity contribution in [3.05, 3.63) is 46.2 Å². The summed E-state index contributed by atoms with van der Waals surface area (Å²) in [5.74, 6) is 0. The summed E-state index contributed by atoms with van der Waals surface area (Å²) in [5, 5.41) is 7.87. The number of thiophene rings is 1. The minimum Gasteiger partial charge on any atom is -0.355 e. The van der Waals surface area contributed by atoms with Gasteiger partial charge in [0.15, 0.2) is 5.13 Å². The number of anilines is 1. The normalized spacial score (nSPS) is 13.5. The van der Waals surface area contributed by atoms with E-state index in [4.69, 9.17) is 0 Å². The molecule has 0 aliphatic rings. The van der Waals surface area contributed by atoms with Crippen LogP contribution in [0, 0.1) is 0 Å². The number of halogens is 3. The highest BCUT2D eigenvalue weighted by atomic mass is 32.1. The number of aromatic nitrogens is 1. The van der Waals surface area contributed by atoms with Crippen LogP contribution in [0.1, 0.15) is 24.1 Å². The molecule has 0 amide bonds. The summed E-state index contributed by atoms with van der Waals surface area (Å²) in [6.07, 6.45) is -4.34. The Labute approximate surface area is 127 Å². The van der Waals surface area contributed by atoms with Gasteiger partial charge in [-0.05, 0) is 47.5 Å². The Kier molecular flexibility index (Phi) is 3.62. The highest BCUT2D eigenvalue weighted by molar-refractivity contribution is 7.22. The maximum absolute atomic E-state index is 12.7. The van der Waals surface area contributed by atoms with E-state index in [0.29, 0.717) is 10.6 Å². The van der Waals surface area contributed by atoms with E-state index >= 15 is 0 Å². The number of fused-ring (bicyclic) bond motifs is 1. The largest absolute Gasteiger partial charge is 0.416 e. The molecule has 0 saturated heterocycles. The number of hydrogen-bond acceptors (Lipinski definition) is 4. The molecule has 0 bridgehead atoms. The zero-order valence-corrected chi connectivity index (χ0v) is 12.6. The van der Waals surface area contributed by atoms with Crippen LogP contribution >= 0.6 is 22.7 Å². The lowest BCUT2D eigenvalue weighted by Crippen LogP contribution is -2.05. The summed E-state index contributed by atoms with van der Waals surface area (Å²) in [5.41, 5.74) is 0.836. The topological polar surface area (TPSA) is 24.9 Å². The van der Waals surface area contributed by atoms with E-state index in [-0.39, 0.29) is 6.04 Å². The first-order chi connectivity index (χ1) is 9.93. The fourth-order valence-corrected chi connectivity index (χ4v) is 3.64. The van der Waals surface area contributed by atoms with Crippen molar-refractivity contribution in [3.63, 3.8) is 0 Å². The number of nitrogens with zero attached hydrogens (tertiary/aromatic N) is 1. The lowest BCUT2D eigenvalue weighted by atomic mass is 10.2. The Morgan fingerprint density at radius 2 is 2.05 bits per heavy atom. The third kappa shape index (κ3) is 3.03. The summed E-state index contributed by atoms with van der Waals surface area (Å²) in [7, 11) is 0. The van der Waals surface area contributed by atoms with Crippen molar-refractivity contribution >= 4 is 38.0 Å². The third-order valence-electron chi connectivity index (χ3n) is 3.10. The Morgan fingerprint density at radius 1 is 1.24 bits per heavy atom. The van der Waals surface area contributed by atoms with E-state index in [0.717, 1.165) is 22.4 Å². The molecule has 3 rings (SSSR count). The molecule has 1 N–H and O–H groups in total. The highest BCUT2D eigenvalue weighted by Gasteiger charge is 2.30. The van der Waals surface area contributed by atoms with Crippen LogP contribution in [0.4, 0.5) is 18.3 Å². The van der Waals surface area contributed by atoms with Crippen molar-refractivity contribution in [2.24, 2.45) is 0 Å². The van der Waals surface area contributed by atoms with Gasteiger partial charge in [-0.2, -0.15) is 24.5 Å². The van der Waals surface area contributed by atoms with Crippen molar-refractivity contribution in [1.29, 1.82) is 0 Å². The summed E-state index contributed by atoms with van der Waals surface area (Å²) in [6.45, 7) is 2.00. The first kappa shape index (κ1) is 14.3. The Bertz CT molecular complexity index is 747. The fraction of sp³-hybridized carbons (Fsp3) is 0.214. The van der Waals surface area contributed by atoms with Crippen LogP contribution in [0.2, 0.25) is 0 Å². The van der Waals surface area contributed by atoms with Gasteiger partial charge in [-0.15, -0.1) is 0 Å².